The van der Waals surface area contributed by atoms with E-state index in [1.807, 2.05) is 0 Å². The van der Waals surface area contributed by atoms with Crippen molar-refractivity contribution in [1.29, 1.82) is 0 Å². The summed E-state index contributed by atoms with van der Waals surface area (Å²) >= 11 is 0. The van der Waals surface area contributed by atoms with Crippen LogP contribution in [0.5, 0.6) is 0 Å². The van der Waals surface area contributed by atoms with Crippen molar-refractivity contribution in [2.24, 2.45) is 21.2 Å². The minimum atomic E-state index is -1.13. The Balaban J connectivity index is 2.43. The Hall–Kier alpha value is -1.70. The molecule has 1 aliphatic rings. The molecule has 0 aromatic carbocycles. The summed E-state index contributed by atoms with van der Waals surface area (Å²) < 4.78 is 0. The molecule has 2 rings (SSSR count). The third-order valence-electron chi connectivity index (χ3n) is 1.22. The van der Waals surface area contributed by atoms with Gasteiger partial charge in [-0.15, -0.1) is 20.4 Å². The number of H-pyrrole nitrogens is 1. The second-order valence-electron chi connectivity index (χ2n) is 1.99. The number of nitrogens with zero attached hydrogens (tertiary/aromatic N) is 6. The molecule has 0 spiro atoms. The van der Waals surface area contributed by atoms with Gasteiger partial charge in [-0.05, 0) is 5.22 Å². The van der Waals surface area contributed by atoms with Crippen LogP contribution in [0.1, 0.15) is 5.82 Å². The maximum absolute atomic E-state index is 5.63. The van der Waals surface area contributed by atoms with Gasteiger partial charge in [-0.1, -0.05) is 5.21 Å². The minimum absolute atomic E-state index is 0.252. The first kappa shape index (κ1) is 6.04. The molecule has 1 aliphatic heterocycles. The zero-order valence-electron chi connectivity index (χ0n) is 5.34. The summed E-state index contributed by atoms with van der Waals surface area (Å²) in [5.41, 5.74) is 4.50. The quantitative estimate of drug-likeness (QED) is 0.523. The van der Waals surface area contributed by atoms with Crippen molar-refractivity contribution in [1.82, 2.24) is 20.6 Å². The number of aromatic amines is 1. The highest BCUT2D eigenvalue weighted by molar-refractivity contribution is 5.71. The fourth-order valence-corrected chi connectivity index (χ4v) is 0.673. The summed E-state index contributed by atoms with van der Waals surface area (Å²) in [6.07, 6.45) is 1.35. The number of nitrogens with one attached hydrogen (secondary N) is 1. The van der Waals surface area contributed by atoms with E-state index in [2.05, 4.69) is 36.1 Å². The molecule has 1 aromatic rings. The average Bonchev–Trinajstić information content (AvgIpc) is 2.55. The monoisotopic (exact) mass is 152 g/mol. The summed E-state index contributed by atoms with van der Waals surface area (Å²) in [5.74, 6) is 0.252. The smallest absolute Gasteiger partial charge is 0.232 e. The Bertz CT molecular complexity index is 283. The summed E-state index contributed by atoms with van der Waals surface area (Å²) in [6.45, 7) is 0. The average molecular weight is 152 g/mol. The third-order valence-corrected chi connectivity index (χ3v) is 1.22. The van der Waals surface area contributed by atoms with E-state index in [0.29, 0.717) is 0 Å². The maximum Gasteiger partial charge on any atom is 0.232 e. The molecule has 0 fully saturated rings. The van der Waals surface area contributed by atoms with Crippen LogP contribution in [-0.2, 0) is 5.66 Å². The molecule has 0 saturated carbocycles. The van der Waals surface area contributed by atoms with Crippen LogP contribution in [0.25, 0.3) is 0 Å². The first-order valence-electron chi connectivity index (χ1n) is 2.80. The lowest BCUT2D eigenvalue weighted by atomic mass is 10.2. The van der Waals surface area contributed by atoms with Crippen molar-refractivity contribution in [2.75, 3.05) is 0 Å². The van der Waals surface area contributed by atoms with Gasteiger partial charge in [-0.25, -0.2) is 0 Å². The standard InChI is InChI=1S/C3H4N8/c4-3(1-5-9-8-3)2-6-10-11-7-2/h1H,4H2,(H,6,7,10,11). The van der Waals surface area contributed by atoms with Crippen LogP contribution in [0, 0.1) is 0 Å². The van der Waals surface area contributed by atoms with E-state index < -0.39 is 5.66 Å². The summed E-state index contributed by atoms with van der Waals surface area (Å²) in [6, 6.07) is 0. The molecular weight excluding hydrogens is 148 g/mol. The zero-order valence-corrected chi connectivity index (χ0v) is 5.34. The maximum atomic E-state index is 5.63. The van der Waals surface area contributed by atoms with E-state index in [-0.39, 0.29) is 5.82 Å². The van der Waals surface area contributed by atoms with Crippen molar-refractivity contribution in [2.45, 2.75) is 5.66 Å². The van der Waals surface area contributed by atoms with Crippen molar-refractivity contribution < 1.29 is 0 Å². The van der Waals surface area contributed by atoms with E-state index in [4.69, 9.17) is 5.73 Å². The lowest BCUT2D eigenvalue weighted by Gasteiger charge is -2.07. The highest BCUT2D eigenvalue weighted by Gasteiger charge is 2.32. The van der Waals surface area contributed by atoms with E-state index in [9.17, 15) is 0 Å². The van der Waals surface area contributed by atoms with Crippen LogP contribution in [0.2, 0.25) is 0 Å². The largest absolute Gasteiger partial charge is 0.294 e. The lowest BCUT2D eigenvalue weighted by Crippen LogP contribution is -2.35. The molecule has 0 radical (unpaired) electrons. The van der Waals surface area contributed by atoms with E-state index in [1.165, 1.54) is 6.21 Å². The highest BCUT2D eigenvalue weighted by atomic mass is 15.5. The molecule has 2 heterocycles. The fourth-order valence-electron chi connectivity index (χ4n) is 0.673. The molecule has 11 heavy (non-hydrogen) atoms. The number of hydrogen-bond acceptors (Lipinski definition) is 7. The van der Waals surface area contributed by atoms with Crippen molar-refractivity contribution in [3.63, 3.8) is 0 Å². The van der Waals surface area contributed by atoms with Gasteiger partial charge in [0.2, 0.25) is 11.5 Å². The van der Waals surface area contributed by atoms with Gasteiger partial charge in [0.15, 0.2) is 0 Å². The van der Waals surface area contributed by atoms with Crippen LogP contribution in [0.4, 0.5) is 0 Å². The van der Waals surface area contributed by atoms with Crippen LogP contribution < -0.4 is 5.73 Å². The Morgan fingerprint density at radius 1 is 1.55 bits per heavy atom. The third kappa shape index (κ3) is 0.799. The van der Waals surface area contributed by atoms with Crippen LogP contribution >= 0.6 is 0 Å². The van der Waals surface area contributed by atoms with Gasteiger partial charge >= 0.3 is 0 Å². The number of tetrazole rings is 1. The molecule has 1 aromatic heterocycles. The Kier molecular flexibility index (Phi) is 1.04. The van der Waals surface area contributed by atoms with E-state index in [1.54, 1.807) is 0 Å². The van der Waals surface area contributed by atoms with Gasteiger partial charge in [-0.2, -0.15) is 5.21 Å². The zero-order chi connectivity index (χ0) is 7.73. The first-order chi connectivity index (χ1) is 5.31. The molecule has 1 atom stereocenters. The first-order valence-corrected chi connectivity index (χ1v) is 2.80. The van der Waals surface area contributed by atoms with Gasteiger partial charge in [0.1, 0.15) is 0 Å². The molecule has 0 aliphatic carbocycles. The number of rotatable bonds is 1. The van der Waals surface area contributed by atoms with Gasteiger partial charge in [0.25, 0.3) is 0 Å². The predicted octanol–water partition coefficient (Wildman–Crippen LogP) is -1.24. The Labute approximate surface area is 60.6 Å². The van der Waals surface area contributed by atoms with Gasteiger partial charge in [0, 0.05) is 0 Å². The van der Waals surface area contributed by atoms with E-state index in [0.717, 1.165) is 0 Å². The molecule has 0 bridgehead atoms. The molecule has 0 saturated heterocycles. The van der Waals surface area contributed by atoms with Crippen LogP contribution in [0.3, 0.4) is 0 Å². The Morgan fingerprint density at radius 2 is 2.45 bits per heavy atom. The molecule has 0 amide bonds. The van der Waals surface area contributed by atoms with Gasteiger partial charge in [0.05, 0.1) is 6.21 Å². The van der Waals surface area contributed by atoms with Crippen LogP contribution in [-0.4, -0.2) is 26.8 Å². The molecule has 8 nitrogen and oxygen atoms in total. The SMILES string of the molecule is NC1(c2nn[nH]n2)C=NN=N1. The summed E-state index contributed by atoms with van der Waals surface area (Å²) in [7, 11) is 0. The molecule has 3 N–H and O–H groups in total. The molecule has 8 heteroatoms. The van der Waals surface area contributed by atoms with Crippen molar-refractivity contribution in [3.8, 4) is 0 Å². The Morgan fingerprint density at radius 3 is 3.00 bits per heavy atom. The second-order valence-corrected chi connectivity index (χ2v) is 1.99. The van der Waals surface area contributed by atoms with Gasteiger partial charge in [-0.3, -0.25) is 5.73 Å². The fraction of sp³-hybridized carbons (Fsp3) is 0.333. The topological polar surface area (TPSA) is 118 Å². The number of nitrogens with two attached hydrogens (primary N) is 1. The predicted molar refractivity (Wildman–Crippen MR) is 33.4 cm³/mol. The number of aromatic nitrogens is 4. The van der Waals surface area contributed by atoms with E-state index >= 15 is 0 Å². The minimum Gasteiger partial charge on any atom is -0.294 e. The molecular formula is C3H4N8. The normalized spacial score (nSPS) is 28.1. The molecule has 56 valence electrons. The summed E-state index contributed by atoms with van der Waals surface area (Å²) in [4.78, 5) is 0. The van der Waals surface area contributed by atoms with Crippen molar-refractivity contribution in [3.05, 3.63) is 5.82 Å². The molecule has 1 unspecified atom stereocenters. The summed E-state index contributed by atoms with van der Waals surface area (Å²) in [5, 5.41) is 23.3. The number of hydrogen-bond donors (Lipinski definition) is 2. The highest BCUT2D eigenvalue weighted by Crippen LogP contribution is 2.16. The lowest BCUT2D eigenvalue weighted by molar-refractivity contribution is 0.589. The second kappa shape index (κ2) is 1.89. The van der Waals surface area contributed by atoms with Gasteiger partial charge < -0.3 is 0 Å². The van der Waals surface area contributed by atoms with Crippen LogP contribution in [0.15, 0.2) is 15.4 Å². The van der Waals surface area contributed by atoms with Crippen molar-refractivity contribution >= 4 is 6.21 Å².